The molecule has 0 radical (unpaired) electrons. The van der Waals surface area contributed by atoms with E-state index in [1.54, 1.807) is 7.11 Å². The van der Waals surface area contributed by atoms with E-state index in [-0.39, 0.29) is 5.91 Å². The van der Waals surface area contributed by atoms with Gasteiger partial charge >= 0.3 is 0 Å². The largest absolute Gasteiger partial charge is 0.497 e. The van der Waals surface area contributed by atoms with Crippen LogP contribution in [0.5, 0.6) is 5.75 Å². The van der Waals surface area contributed by atoms with Crippen molar-refractivity contribution in [1.29, 1.82) is 0 Å². The Morgan fingerprint density at radius 3 is 2.42 bits per heavy atom. The van der Waals surface area contributed by atoms with E-state index >= 15 is 0 Å². The normalized spacial score (nSPS) is 15.8. The molecule has 1 saturated heterocycles. The van der Waals surface area contributed by atoms with E-state index in [2.05, 4.69) is 49.1 Å². The summed E-state index contributed by atoms with van der Waals surface area (Å²) >= 11 is 0. The van der Waals surface area contributed by atoms with E-state index in [1.807, 2.05) is 17.0 Å². The molecule has 1 aliphatic rings. The van der Waals surface area contributed by atoms with Crippen molar-refractivity contribution in [1.82, 2.24) is 9.80 Å². The molecule has 0 spiro atoms. The zero-order valence-electron chi connectivity index (χ0n) is 16.0. The SMILES string of the molecule is COc1cccc(CN2CCC(=O)N(Cc3cc(C)cc(C)c3)CC2)c1. The van der Waals surface area contributed by atoms with Crippen LogP contribution >= 0.6 is 0 Å². The molecule has 0 aromatic heterocycles. The van der Waals surface area contributed by atoms with Gasteiger partial charge in [-0.2, -0.15) is 0 Å². The van der Waals surface area contributed by atoms with Crippen LogP contribution in [0.25, 0.3) is 0 Å². The maximum absolute atomic E-state index is 12.6. The van der Waals surface area contributed by atoms with E-state index < -0.39 is 0 Å². The number of benzene rings is 2. The molecule has 3 rings (SSSR count). The van der Waals surface area contributed by atoms with Crippen LogP contribution in [0.4, 0.5) is 0 Å². The smallest absolute Gasteiger partial charge is 0.224 e. The summed E-state index contributed by atoms with van der Waals surface area (Å²) in [4.78, 5) is 16.9. The number of ether oxygens (including phenoxy) is 1. The Kier molecular flexibility index (Phi) is 5.94. The summed E-state index contributed by atoms with van der Waals surface area (Å²) < 4.78 is 5.31. The standard InChI is InChI=1S/C22H28N2O2/c1-17-11-18(2)13-20(12-17)16-24-10-9-23(8-7-22(24)25)15-19-5-4-6-21(14-19)26-3/h4-6,11-14H,7-10,15-16H2,1-3H3. The molecule has 0 saturated carbocycles. The molecule has 26 heavy (non-hydrogen) atoms. The lowest BCUT2D eigenvalue weighted by Crippen LogP contribution is -2.32. The van der Waals surface area contributed by atoms with Gasteiger partial charge in [-0.25, -0.2) is 0 Å². The summed E-state index contributed by atoms with van der Waals surface area (Å²) in [7, 11) is 1.69. The van der Waals surface area contributed by atoms with Crippen molar-refractivity contribution in [3.63, 3.8) is 0 Å². The Morgan fingerprint density at radius 2 is 1.69 bits per heavy atom. The molecule has 2 aromatic carbocycles. The monoisotopic (exact) mass is 352 g/mol. The highest BCUT2D eigenvalue weighted by Crippen LogP contribution is 2.17. The number of aryl methyl sites for hydroxylation is 2. The third-order valence-corrected chi connectivity index (χ3v) is 4.88. The van der Waals surface area contributed by atoms with Crippen LogP contribution < -0.4 is 4.74 Å². The maximum Gasteiger partial charge on any atom is 0.224 e. The van der Waals surface area contributed by atoms with Crippen LogP contribution in [0.1, 0.15) is 28.7 Å². The lowest BCUT2D eigenvalue weighted by atomic mass is 10.1. The topological polar surface area (TPSA) is 32.8 Å². The molecule has 0 bridgehead atoms. The zero-order valence-corrected chi connectivity index (χ0v) is 16.0. The average Bonchev–Trinajstić information content (AvgIpc) is 2.77. The first-order valence-corrected chi connectivity index (χ1v) is 9.24. The first-order chi connectivity index (χ1) is 12.5. The van der Waals surface area contributed by atoms with Crippen molar-refractivity contribution >= 4 is 5.91 Å². The highest BCUT2D eigenvalue weighted by Gasteiger charge is 2.21. The van der Waals surface area contributed by atoms with Crippen LogP contribution in [-0.2, 0) is 17.9 Å². The van der Waals surface area contributed by atoms with Gasteiger partial charge in [0, 0.05) is 39.1 Å². The molecule has 1 amide bonds. The summed E-state index contributed by atoms with van der Waals surface area (Å²) in [5.41, 5.74) is 4.94. The molecule has 1 aliphatic heterocycles. The van der Waals surface area contributed by atoms with Gasteiger partial charge in [-0.05, 0) is 37.1 Å². The Morgan fingerprint density at radius 1 is 0.923 bits per heavy atom. The fraction of sp³-hybridized carbons (Fsp3) is 0.409. The fourth-order valence-electron chi connectivity index (χ4n) is 3.65. The number of carbonyl (C=O) groups is 1. The summed E-state index contributed by atoms with van der Waals surface area (Å²) in [5.74, 6) is 1.13. The van der Waals surface area contributed by atoms with Crippen molar-refractivity contribution in [3.8, 4) is 5.75 Å². The third kappa shape index (κ3) is 4.85. The molecule has 0 unspecified atom stereocenters. The Labute approximate surface area is 156 Å². The Balaban J connectivity index is 1.63. The van der Waals surface area contributed by atoms with Crippen LogP contribution in [0.2, 0.25) is 0 Å². The molecule has 4 nitrogen and oxygen atoms in total. The second-order valence-corrected chi connectivity index (χ2v) is 7.19. The van der Waals surface area contributed by atoms with E-state index in [0.717, 1.165) is 31.9 Å². The Hall–Kier alpha value is -2.33. The van der Waals surface area contributed by atoms with Gasteiger partial charge in [0.05, 0.1) is 7.11 Å². The molecular formula is C22H28N2O2. The molecule has 0 atom stereocenters. The first-order valence-electron chi connectivity index (χ1n) is 9.24. The molecule has 0 N–H and O–H groups in total. The number of hydrogen-bond donors (Lipinski definition) is 0. The summed E-state index contributed by atoms with van der Waals surface area (Å²) in [5, 5.41) is 0. The van der Waals surface area contributed by atoms with Gasteiger partial charge in [-0.3, -0.25) is 9.69 Å². The summed E-state index contributed by atoms with van der Waals surface area (Å²) in [6, 6.07) is 14.7. The van der Waals surface area contributed by atoms with E-state index in [9.17, 15) is 4.79 Å². The van der Waals surface area contributed by atoms with Crippen molar-refractivity contribution in [2.24, 2.45) is 0 Å². The van der Waals surface area contributed by atoms with Gasteiger partial charge in [-0.15, -0.1) is 0 Å². The van der Waals surface area contributed by atoms with E-state index in [0.29, 0.717) is 13.0 Å². The van der Waals surface area contributed by atoms with Crippen molar-refractivity contribution in [2.75, 3.05) is 26.7 Å². The number of hydrogen-bond acceptors (Lipinski definition) is 3. The summed E-state index contributed by atoms with van der Waals surface area (Å²) in [6.07, 6.45) is 0.578. The van der Waals surface area contributed by atoms with Crippen molar-refractivity contribution < 1.29 is 9.53 Å². The zero-order chi connectivity index (χ0) is 18.5. The van der Waals surface area contributed by atoms with E-state index in [4.69, 9.17) is 4.74 Å². The van der Waals surface area contributed by atoms with Gasteiger partial charge in [0.1, 0.15) is 5.75 Å². The lowest BCUT2D eigenvalue weighted by Gasteiger charge is -2.22. The lowest BCUT2D eigenvalue weighted by molar-refractivity contribution is -0.130. The van der Waals surface area contributed by atoms with Crippen LogP contribution in [0, 0.1) is 13.8 Å². The quantitative estimate of drug-likeness (QED) is 0.825. The molecule has 1 heterocycles. The highest BCUT2D eigenvalue weighted by molar-refractivity contribution is 5.76. The fourth-order valence-corrected chi connectivity index (χ4v) is 3.65. The third-order valence-electron chi connectivity index (χ3n) is 4.88. The van der Waals surface area contributed by atoms with Gasteiger partial charge < -0.3 is 9.64 Å². The minimum atomic E-state index is 0.248. The van der Waals surface area contributed by atoms with Crippen LogP contribution in [0.15, 0.2) is 42.5 Å². The first kappa shape index (κ1) is 18.5. The van der Waals surface area contributed by atoms with Gasteiger partial charge in [0.25, 0.3) is 0 Å². The maximum atomic E-state index is 12.6. The number of rotatable bonds is 5. The van der Waals surface area contributed by atoms with Crippen molar-refractivity contribution in [3.05, 3.63) is 64.7 Å². The number of carbonyl (C=O) groups excluding carboxylic acids is 1. The molecule has 138 valence electrons. The predicted molar refractivity (Wildman–Crippen MR) is 104 cm³/mol. The highest BCUT2D eigenvalue weighted by atomic mass is 16.5. The molecule has 2 aromatic rings. The number of methoxy groups -OCH3 is 1. The number of amides is 1. The second kappa shape index (κ2) is 8.37. The predicted octanol–water partition coefficient (Wildman–Crippen LogP) is 3.55. The van der Waals surface area contributed by atoms with Crippen LogP contribution in [0.3, 0.4) is 0 Å². The minimum Gasteiger partial charge on any atom is -0.497 e. The number of nitrogens with zero attached hydrogens (tertiary/aromatic N) is 2. The van der Waals surface area contributed by atoms with Gasteiger partial charge in [0.15, 0.2) is 0 Å². The molecular weight excluding hydrogens is 324 g/mol. The molecule has 1 fully saturated rings. The molecule has 4 heteroatoms. The van der Waals surface area contributed by atoms with Crippen LogP contribution in [-0.4, -0.2) is 42.5 Å². The van der Waals surface area contributed by atoms with Crippen molar-refractivity contribution in [2.45, 2.75) is 33.4 Å². The minimum absolute atomic E-state index is 0.248. The second-order valence-electron chi connectivity index (χ2n) is 7.19. The summed E-state index contributed by atoms with van der Waals surface area (Å²) in [6.45, 7) is 8.24. The molecule has 0 aliphatic carbocycles. The van der Waals surface area contributed by atoms with Gasteiger partial charge in [-0.1, -0.05) is 41.5 Å². The average molecular weight is 352 g/mol. The van der Waals surface area contributed by atoms with E-state index in [1.165, 1.54) is 22.3 Å². The Bertz CT molecular complexity index is 752. The van der Waals surface area contributed by atoms with Gasteiger partial charge in [0.2, 0.25) is 5.91 Å².